The molecule has 0 saturated carbocycles. The molecule has 0 atom stereocenters. The molecule has 0 aromatic carbocycles. The highest BCUT2D eigenvalue weighted by Crippen LogP contribution is 2.17. The molecule has 6 nitrogen and oxygen atoms in total. The summed E-state index contributed by atoms with van der Waals surface area (Å²) in [5.74, 6) is 0.782. The summed E-state index contributed by atoms with van der Waals surface area (Å²) in [7, 11) is 1.83. The first-order valence-corrected chi connectivity index (χ1v) is 6.21. The summed E-state index contributed by atoms with van der Waals surface area (Å²) in [5.41, 5.74) is 1.54. The topological polar surface area (TPSA) is 73.0 Å². The number of hydrogen-bond acceptors (Lipinski definition) is 4. The van der Waals surface area contributed by atoms with Gasteiger partial charge in [0.15, 0.2) is 5.89 Å². The fraction of sp³-hybridized carbons (Fsp3) is 0.462. The minimum Gasteiger partial charge on any atom is -0.435 e. The number of carbonyl (C=O) groups excluding carboxylic acids is 1. The molecular formula is C13H18N4O2. The van der Waals surface area contributed by atoms with Crippen LogP contribution in [0.2, 0.25) is 0 Å². The molecule has 2 heterocycles. The van der Waals surface area contributed by atoms with E-state index in [0.717, 1.165) is 5.69 Å². The Bertz CT molecular complexity index is 583. The molecule has 2 aromatic heterocycles. The molecule has 2 aromatic rings. The van der Waals surface area contributed by atoms with Gasteiger partial charge in [-0.15, -0.1) is 0 Å². The maximum atomic E-state index is 12.0. The first-order chi connectivity index (χ1) is 8.99. The normalized spacial score (nSPS) is 11.0. The molecule has 1 amide bonds. The number of hydrogen-bond donors (Lipinski definition) is 1. The summed E-state index contributed by atoms with van der Waals surface area (Å²) in [5, 5.41) is 6.84. The molecule has 0 aliphatic rings. The molecule has 0 fully saturated rings. The van der Waals surface area contributed by atoms with Gasteiger partial charge in [-0.1, -0.05) is 13.8 Å². The summed E-state index contributed by atoms with van der Waals surface area (Å²) in [6.45, 7) is 6.13. The van der Waals surface area contributed by atoms with E-state index in [2.05, 4.69) is 15.4 Å². The average Bonchev–Trinajstić information content (AvgIpc) is 2.93. The molecule has 0 aliphatic heterocycles. The summed E-state index contributed by atoms with van der Waals surface area (Å²) in [6.07, 6.45) is 1.69. The molecule has 102 valence electrons. The number of rotatable bonds is 4. The zero-order valence-corrected chi connectivity index (χ0v) is 11.6. The van der Waals surface area contributed by atoms with Crippen LogP contribution >= 0.6 is 0 Å². The lowest BCUT2D eigenvalue weighted by Gasteiger charge is -2.04. The van der Waals surface area contributed by atoms with Crippen LogP contribution in [0.25, 0.3) is 0 Å². The summed E-state index contributed by atoms with van der Waals surface area (Å²) in [6, 6.07) is 1.85. The predicted octanol–water partition coefficient (Wildman–Crippen LogP) is 1.77. The number of oxazole rings is 1. The number of amides is 1. The summed E-state index contributed by atoms with van der Waals surface area (Å²) in [4.78, 5) is 16.3. The predicted molar refractivity (Wildman–Crippen MR) is 69.7 cm³/mol. The maximum Gasteiger partial charge on any atom is 0.289 e. The third kappa shape index (κ3) is 2.83. The van der Waals surface area contributed by atoms with Crippen LogP contribution in [0.5, 0.6) is 0 Å². The highest BCUT2D eigenvalue weighted by molar-refractivity contribution is 5.92. The van der Waals surface area contributed by atoms with Crippen LogP contribution in [0.4, 0.5) is 0 Å². The molecule has 0 radical (unpaired) electrons. The fourth-order valence-electron chi connectivity index (χ4n) is 1.70. The molecule has 0 spiro atoms. The van der Waals surface area contributed by atoms with Gasteiger partial charge in [0, 0.05) is 19.2 Å². The van der Waals surface area contributed by atoms with Crippen LogP contribution in [0, 0.1) is 6.92 Å². The largest absolute Gasteiger partial charge is 0.435 e. The van der Waals surface area contributed by atoms with Crippen molar-refractivity contribution < 1.29 is 9.21 Å². The van der Waals surface area contributed by atoms with E-state index >= 15 is 0 Å². The van der Waals surface area contributed by atoms with Gasteiger partial charge in [-0.3, -0.25) is 9.48 Å². The first kappa shape index (κ1) is 13.3. The molecule has 0 aliphatic carbocycles. The SMILES string of the molecule is Cc1nc(C(C)C)oc1C(=O)NCc1ccnn1C. The van der Waals surface area contributed by atoms with E-state index in [9.17, 15) is 4.79 Å². The van der Waals surface area contributed by atoms with Crippen molar-refractivity contribution >= 4 is 5.91 Å². The van der Waals surface area contributed by atoms with Crippen molar-refractivity contribution in [3.63, 3.8) is 0 Å². The van der Waals surface area contributed by atoms with Crippen LogP contribution in [-0.2, 0) is 13.6 Å². The highest BCUT2D eigenvalue weighted by Gasteiger charge is 2.18. The molecule has 0 saturated heterocycles. The summed E-state index contributed by atoms with van der Waals surface area (Å²) >= 11 is 0. The van der Waals surface area contributed by atoms with E-state index in [1.54, 1.807) is 17.8 Å². The molecule has 19 heavy (non-hydrogen) atoms. The number of nitrogens with zero attached hydrogens (tertiary/aromatic N) is 3. The smallest absolute Gasteiger partial charge is 0.289 e. The third-order valence-corrected chi connectivity index (χ3v) is 2.87. The van der Waals surface area contributed by atoms with E-state index in [1.807, 2.05) is 27.0 Å². The second-order valence-corrected chi connectivity index (χ2v) is 4.75. The molecule has 0 bridgehead atoms. The zero-order chi connectivity index (χ0) is 14.0. The van der Waals surface area contributed by atoms with Gasteiger partial charge >= 0.3 is 0 Å². The molecule has 0 unspecified atom stereocenters. The Morgan fingerprint density at radius 2 is 2.26 bits per heavy atom. The van der Waals surface area contributed by atoms with Crippen LogP contribution < -0.4 is 5.32 Å². The van der Waals surface area contributed by atoms with Gasteiger partial charge < -0.3 is 9.73 Å². The third-order valence-electron chi connectivity index (χ3n) is 2.87. The van der Waals surface area contributed by atoms with Gasteiger partial charge in [0.25, 0.3) is 5.91 Å². The second kappa shape index (κ2) is 5.26. The lowest BCUT2D eigenvalue weighted by atomic mass is 10.2. The van der Waals surface area contributed by atoms with E-state index in [0.29, 0.717) is 18.1 Å². The van der Waals surface area contributed by atoms with E-state index in [-0.39, 0.29) is 17.6 Å². The minimum atomic E-state index is -0.252. The zero-order valence-electron chi connectivity index (χ0n) is 11.6. The van der Waals surface area contributed by atoms with Crippen LogP contribution in [0.3, 0.4) is 0 Å². The molecular weight excluding hydrogens is 244 g/mol. The van der Waals surface area contributed by atoms with Crippen molar-refractivity contribution in [3.8, 4) is 0 Å². The Balaban J connectivity index is 2.06. The average molecular weight is 262 g/mol. The van der Waals surface area contributed by atoms with Gasteiger partial charge in [0.2, 0.25) is 5.76 Å². The van der Waals surface area contributed by atoms with E-state index < -0.39 is 0 Å². The number of carbonyl (C=O) groups is 1. The lowest BCUT2D eigenvalue weighted by molar-refractivity contribution is 0.0919. The van der Waals surface area contributed by atoms with Gasteiger partial charge in [-0.2, -0.15) is 5.10 Å². The van der Waals surface area contributed by atoms with Crippen molar-refractivity contribution in [2.75, 3.05) is 0 Å². The van der Waals surface area contributed by atoms with Crippen LogP contribution in [-0.4, -0.2) is 20.7 Å². The molecule has 6 heteroatoms. The van der Waals surface area contributed by atoms with Crippen molar-refractivity contribution in [1.29, 1.82) is 0 Å². The first-order valence-electron chi connectivity index (χ1n) is 6.21. The fourth-order valence-corrected chi connectivity index (χ4v) is 1.70. The van der Waals surface area contributed by atoms with Gasteiger partial charge in [-0.05, 0) is 13.0 Å². The standard InChI is InChI=1S/C13H18N4O2/c1-8(2)13-16-9(3)11(19-13)12(18)14-7-10-5-6-15-17(10)4/h5-6,8H,7H2,1-4H3,(H,14,18). The Kier molecular flexibility index (Phi) is 3.69. The Labute approximate surface area is 111 Å². The monoisotopic (exact) mass is 262 g/mol. The quantitative estimate of drug-likeness (QED) is 0.911. The summed E-state index contributed by atoms with van der Waals surface area (Å²) < 4.78 is 7.21. The van der Waals surface area contributed by atoms with Gasteiger partial charge in [0.1, 0.15) is 0 Å². The minimum absolute atomic E-state index is 0.164. The van der Waals surface area contributed by atoms with E-state index in [1.165, 1.54) is 0 Å². The van der Waals surface area contributed by atoms with Crippen molar-refractivity contribution in [3.05, 3.63) is 35.3 Å². The number of aryl methyl sites for hydroxylation is 2. The second-order valence-electron chi connectivity index (χ2n) is 4.75. The highest BCUT2D eigenvalue weighted by atomic mass is 16.4. The van der Waals surface area contributed by atoms with Crippen molar-refractivity contribution in [2.45, 2.75) is 33.2 Å². The lowest BCUT2D eigenvalue weighted by Crippen LogP contribution is -2.24. The Morgan fingerprint density at radius 3 is 2.79 bits per heavy atom. The van der Waals surface area contributed by atoms with Crippen molar-refractivity contribution in [2.24, 2.45) is 7.05 Å². The van der Waals surface area contributed by atoms with E-state index in [4.69, 9.17) is 4.42 Å². The van der Waals surface area contributed by atoms with Crippen LogP contribution in [0.1, 0.15) is 47.6 Å². The van der Waals surface area contributed by atoms with Gasteiger partial charge in [0.05, 0.1) is 17.9 Å². The molecule has 1 N–H and O–H groups in total. The maximum absolute atomic E-state index is 12.0. The molecule has 2 rings (SSSR count). The number of nitrogens with one attached hydrogen (secondary N) is 1. The number of aromatic nitrogens is 3. The Morgan fingerprint density at radius 1 is 1.53 bits per heavy atom. The van der Waals surface area contributed by atoms with Crippen LogP contribution in [0.15, 0.2) is 16.7 Å². The van der Waals surface area contributed by atoms with Gasteiger partial charge in [-0.25, -0.2) is 4.98 Å². The Hall–Kier alpha value is -2.11. The van der Waals surface area contributed by atoms with Crippen molar-refractivity contribution in [1.82, 2.24) is 20.1 Å².